The second-order valence-corrected chi connectivity index (χ2v) is 10.2. The van der Waals surface area contributed by atoms with Gasteiger partial charge in [0.05, 0.1) is 60.7 Å². The average Bonchev–Trinajstić information content (AvgIpc) is 3.43. The molecule has 0 saturated heterocycles. The topological polar surface area (TPSA) is 131 Å². The van der Waals surface area contributed by atoms with E-state index in [9.17, 15) is 47.4 Å². The molecular formula is C36H8F8N8O2. The van der Waals surface area contributed by atoms with Gasteiger partial charge >= 0.3 is 12.7 Å². The summed E-state index contributed by atoms with van der Waals surface area (Å²) < 4.78 is 126. The lowest BCUT2D eigenvalue weighted by molar-refractivity contribution is -0.306. The van der Waals surface area contributed by atoms with Crippen LogP contribution in [0, 0.1) is 71.6 Å². The Morgan fingerprint density at radius 1 is 0.630 bits per heavy atom. The summed E-state index contributed by atoms with van der Waals surface area (Å²) in [6.07, 6.45) is -11.7. The monoisotopic (exact) mass is 736 g/mol. The summed E-state index contributed by atoms with van der Waals surface area (Å²) in [6, 6.07) is 11.4. The van der Waals surface area contributed by atoms with Gasteiger partial charge in [-0.3, -0.25) is 0 Å². The summed E-state index contributed by atoms with van der Waals surface area (Å²) in [5.74, 6) is -7.63. The summed E-state index contributed by atoms with van der Waals surface area (Å²) in [5, 5.41) is 39.0. The van der Waals surface area contributed by atoms with Gasteiger partial charge in [-0.25, -0.2) is 28.2 Å². The van der Waals surface area contributed by atoms with E-state index in [2.05, 4.69) is 28.9 Å². The predicted molar refractivity (Wildman–Crippen MR) is 167 cm³/mol. The molecule has 2 aromatic carbocycles. The van der Waals surface area contributed by atoms with Crippen molar-refractivity contribution in [3.05, 3.63) is 173 Å². The molecule has 0 N–H and O–H groups in total. The maximum absolute atomic E-state index is 16.5. The van der Waals surface area contributed by atoms with E-state index in [1.807, 2.05) is 0 Å². The van der Waals surface area contributed by atoms with Crippen molar-refractivity contribution in [1.29, 1.82) is 21.0 Å². The van der Waals surface area contributed by atoms with Crippen molar-refractivity contribution in [1.82, 2.24) is 0 Å². The SMILES string of the molecule is [C-]#[N+]C1=C(F)/C(=C(/C#N)c2cc([N+]#[C-])cc([N+]#[C-])c2)C2=C1/C(OC(F)(F)F)=C/C(C#N)=C(F)\C(=C(\[N+]#[C-])c1cc(C#N)cc(C#N)c1)\C=C\2OC(F)(F)F. The lowest BCUT2D eigenvalue weighted by Crippen LogP contribution is -2.17. The summed E-state index contributed by atoms with van der Waals surface area (Å²) in [7, 11) is 0. The van der Waals surface area contributed by atoms with Crippen LogP contribution in [-0.4, -0.2) is 12.7 Å². The Morgan fingerprint density at radius 2 is 1.17 bits per heavy atom. The first-order valence-electron chi connectivity index (χ1n) is 13.9. The first kappa shape index (κ1) is 38.4. The zero-order valence-corrected chi connectivity index (χ0v) is 26.0. The Kier molecular flexibility index (Phi) is 10.5. The zero-order valence-electron chi connectivity index (χ0n) is 26.0. The van der Waals surface area contributed by atoms with E-state index >= 15 is 8.78 Å². The summed E-state index contributed by atoms with van der Waals surface area (Å²) in [6.45, 7) is 30.0. The molecule has 0 amide bonds. The highest BCUT2D eigenvalue weighted by atomic mass is 19.4. The average molecular weight is 736 g/mol. The first-order valence-corrected chi connectivity index (χ1v) is 13.9. The maximum atomic E-state index is 16.5. The molecule has 0 fully saturated rings. The quantitative estimate of drug-likeness (QED) is 0.174. The number of alkyl halides is 6. The Balaban J connectivity index is 2.42. The number of allylic oxidation sites excluding steroid dienone is 8. The van der Waals surface area contributed by atoms with Crippen molar-refractivity contribution < 1.29 is 44.6 Å². The molecule has 0 radical (unpaired) electrons. The highest BCUT2D eigenvalue weighted by Gasteiger charge is 2.45. The largest absolute Gasteiger partial charge is 0.573 e. The molecule has 18 heteroatoms. The van der Waals surface area contributed by atoms with Crippen molar-refractivity contribution in [2.45, 2.75) is 12.7 Å². The van der Waals surface area contributed by atoms with Crippen molar-refractivity contribution >= 4 is 22.6 Å². The van der Waals surface area contributed by atoms with Gasteiger partial charge in [0.1, 0.15) is 35.3 Å². The normalized spacial score (nSPS) is 19.3. The zero-order chi connectivity index (χ0) is 40.1. The van der Waals surface area contributed by atoms with Crippen molar-refractivity contribution in [3.63, 3.8) is 0 Å². The van der Waals surface area contributed by atoms with Gasteiger partial charge < -0.3 is 9.47 Å². The van der Waals surface area contributed by atoms with E-state index in [4.69, 9.17) is 26.3 Å². The molecule has 10 nitrogen and oxygen atoms in total. The minimum Gasteiger partial charge on any atom is -0.406 e. The van der Waals surface area contributed by atoms with Crippen LogP contribution < -0.4 is 0 Å². The Bertz CT molecular complexity index is 2570. The molecule has 2 aliphatic carbocycles. The smallest absolute Gasteiger partial charge is 0.406 e. The number of rotatable bonds is 4. The predicted octanol–water partition coefficient (Wildman–Crippen LogP) is 10.2. The summed E-state index contributed by atoms with van der Waals surface area (Å²) in [4.78, 5) is 12.1. The molecule has 0 aromatic heterocycles. The highest BCUT2D eigenvalue weighted by molar-refractivity contribution is 5.93. The number of nitriles is 4. The van der Waals surface area contributed by atoms with Crippen molar-refractivity contribution in [3.8, 4) is 24.3 Å². The fraction of sp³-hybridized carbons (Fsp3) is 0.0556. The van der Waals surface area contributed by atoms with Crippen LogP contribution in [0.5, 0.6) is 0 Å². The molecular weight excluding hydrogens is 728 g/mol. The molecule has 2 aliphatic rings. The molecule has 0 saturated carbocycles. The van der Waals surface area contributed by atoms with Gasteiger partial charge in [0.15, 0.2) is 11.4 Å². The maximum Gasteiger partial charge on any atom is 0.573 e. The minimum atomic E-state index is -5.88. The van der Waals surface area contributed by atoms with Crippen LogP contribution in [0.2, 0.25) is 0 Å². The van der Waals surface area contributed by atoms with Crippen LogP contribution >= 0.6 is 0 Å². The number of benzene rings is 2. The van der Waals surface area contributed by atoms with E-state index in [1.165, 1.54) is 12.1 Å². The molecule has 2 aromatic rings. The second-order valence-electron chi connectivity index (χ2n) is 10.2. The third kappa shape index (κ3) is 7.66. The van der Waals surface area contributed by atoms with Gasteiger partial charge in [0.2, 0.25) is 11.4 Å². The molecule has 0 heterocycles. The van der Waals surface area contributed by atoms with Gasteiger partial charge in [-0.1, -0.05) is 18.2 Å². The van der Waals surface area contributed by atoms with Gasteiger partial charge in [0.25, 0.3) is 0 Å². The Labute approximate surface area is 298 Å². The van der Waals surface area contributed by atoms with Gasteiger partial charge in [-0.2, -0.15) is 21.0 Å². The fourth-order valence-corrected chi connectivity index (χ4v) is 5.06. The third-order valence-corrected chi connectivity index (χ3v) is 7.01. The van der Waals surface area contributed by atoms with E-state index in [1.54, 1.807) is 12.1 Å². The van der Waals surface area contributed by atoms with Crippen LogP contribution in [0.15, 0.2) is 105 Å². The third-order valence-electron chi connectivity index (χ3n) is 7.01. The number of nitrogens with zero attached hydrogens (tertiary/aromatic N) is 8. The molecule has 0 bridgehead atoms. The first-order chi connectivity index (χ1) is 25.5. The molecule has 54 heavy (non-hydrogen) atoms. The number of ether oxygens (including phenoxy) is 2. The van der Waals surface area contributed by atoms with Gasteiger partial charge in [-0.15, -0.1) is 26.3 Å². The van der Waals surface area contributed by atoms with Crippen LogP contribution in [0.1, 0.15) is 22.3 Å². The van der Waals surface area contributed by atoms with E-state index < -0.39 is 91.9 Å². The molecule has 0 spiro atoms. The van der Waals surface area contributed by atoms with Crippen LogP contribution in [0.4, 0.5) is 46.5 Å². The van der Waals surface area contributed by atoms with Gasteiger partial charge in [-0.05, 0) is 35.4 Å². The lowest BCUT2D eigenvalue weighted by Gasteiger charge is -2.20. The summed E-state index contributed by atoms with van der Waals surface area (Å²) in [5.41, 5.74) is -13.3. The highest BCUT2D eigenvalue weighted by Crippen LogP contribution is 2.52. The van der Waals surface area contributed by atoms with Crippen LogP contribution in [-0.2, 0) is 9.47 Å². The van der Waals surface area contributed by atoms with E-state index in [0.29, 0.717) is 0 Å². The minimum absolute atomic E-state index is 0.0353. The molecule has 0 aliphatic heterocycles. The molecule has 0 atom stereocenters. The standard InChI is InChI=1S/C36H8F8N8O2/c1-49-22-8-19(9-23(11-22)50-2)25(16-48)28-29-27(54-36(42,43)44)12-24(33(51-3)20-6-17(13-45)5-18(7-20)14-46)31(37)21(15-47)10-26(53-35(39,40)41)30(29)34(52-4)32(28)38/h5-12H/b26-10-,27-12-,28-25-,31-21-,33-24+. The van der Waals surface area contributed by atoms with Gasteiger partial charge in [0, 0.05) is 28.4 Å². The summed E-state index contributed by atoms with van der Waals surface area (Å²) >= 11 is 0. The fourth-order valence-electron chi connectivity index (χ4n) is 5.06. The molecule has 260 valence electrons. The van der Waals surface area contributed by atoms with Crippen LogP contribution in [0.3, 0.4) is 0 Å². The lowest BCUT2D eigenvalue weighted by atomic mass is 9.92. The van der Waals surface area contributed by atoms with Crippen molar-refractivity contribution in [2.75, 3.05) is 0 Å². The Morgan fingerprint density at radius 3 is 1.59 bits per heavy atom. The van der Waals surface area contributed by atoms with E-state index in [0.717, 1.165) is 36.4 Å². The number of halogens is 8. The number of hydrogen-bond donors (Lipinski definition) is 0. The second kappa shape index (κ2) is 14.8. The van der Waals surface area contributed by atoms with Crippen molar-refractivity contribution in [2.24, 2.45) is 0 Å². The number of hydrogen-bond acceptors (Lipinski definition) is 6. The van der Waals surface area contributed by atoms with E-state index in [-0.39, 0.29) is 34.7 Å². The Hall–Kier alpha value is -8.42. The molecule has 4 rings (SSSR count). The van der Waals surface area contributed by atoms with Crippen LogP contribution in [0.25, 0.3) is 30.7 Å². The molecule has 0 unspecified atom stereocenters.